The summed E-state index contributed by atoms with van der Waals surface area (Å²) in [5.74, 6) is -4.51. The maximum Gasteiger partial charge on any atom is 0.338 e. The van der Waals surface area contributed by atoms with Gasteiger partial charge in [-0.15, -0.1) is 11.3 Å². The maximum atomic E-state index is 14.5. The molecule has 206 valence electrons. The molecule has 0 unspecified atom stereocenters. The highest BCUT2D eigenvalue weighted by Gasteiger charge is 2.51. The molecule has 5 rings (SSSR count). The van der Waals surface area contributed by atoms with Gasteiger partial charge in [0.25, 0.3) is 0 Å². The highest BCUT2D eigenvalue weighted by atomic mass is 32.1. The van der Waals surface area contributed by atoms with Gasteiger partial charge in [0, 0.05) is 22.1 Å². The van der Waals surface area contributed by atoms with Crippen molar-refractivity contribution < 1.29 is 33.0 Å². The van der Waals surface area contributed by atoms with Gasteiger partial charge in [0.1, 0.15) is 23.3 Å². The third-order valence-corrected chi connectivity index (χ3v) is 8.27. The first-order valence-corrected chi connectivity index (χ1v) is 13.3. The monoisotopic (exact) mass is 562 g/mol. The number of carbonyl (C=O) groups is 3. The molecule has 10 heteroatoms. The molecule has 0 radical (unpaired) electrons. The Hall–Kier alpha value is -4.44. The number of nitrogens with zero attached hydrogens (tertiary/aromatic N) is 1. The van der Waals surface area contributed by atoms with Gasteiger partial charge in [-0.3, -0.25) is 14.5 Å². The Morgan fingerprint density at radius 2 is 1.77 bits per heavy atom. The number of ether oxygens (including phenoxy) is 3. The van der Waals surface area contributed by atoms with Crippen molar-refractivity contribution in [3.8, 4) is 5.75 Å². The van der Waals surface area contributed by atoms with Gasteiger partial charge in [-0.1, -0.05) is 24.3 Å². The minimum Gasteiger partial charge on any atom is -0.497 e. The van der Waals surface area contributed by atoms with E-state index in [9.17, 15) is 18.8 Å². The lowest BCUT2D eigenvalue weighted by molar-refractivity contribution is -0.150. The Kier molecular flexibility index (Phi) is 7.44. The summed E-state index contributed by atoms with van der Waals surface area (Å²) in [6, 6.07) is 16.4. The number of ketones is 1. The number of anilines is 1. The minimum atomic E-state index is -1.19. The molecule has 2 N–H and O–H groups in total. The zero-order chi connectivity index (χ0) is 28.6. The number of esters is 2. The quantitative estimate of drug-likeness (QED) is 0.342. The highest BCUT2D eigenvalue weighted by Crippen LogP contribution is 2.52. The summed E-state index contributed by atoms with van der Waals surface area (Å²) in [6.45, 7) is 0. The van der Waals surface area contributed by atoms with Crippen molar-refractivity contribution in [3.05, 3.63) is 105 Å². The molecule has 8 nitrogen and oxygen atoms in total. The number of nitrogens with two attached hydrogens (primary N) is 1. The number of benzene rings is 2. The third-order valence-electron chi connectivity index (χ3n) is 7.34. The number of hydrogen-bond acceptors (Lipinski definition) is 9. The lowest BCUT2D eigenvalue weighted by Gasteiger charge is -2.43. The van der Waals surface area contributed by atoms with E-state index >= 15 is 0 Å². The van der Waals surface area contributed by atoms with Gasteiger partial charge >= 0.3 is 11.9 Å². The largest absolute Gasteiger partial charge is 0.497 e. The summed E-state index contributed by atoms with van der Waals surface area (Å²) >= 11 is 1.34. The van der Waals surface area contributed by atoms with Gasteiger partial charge in [-0.05, 0) is 53.8 Å². The smallest absolute Gasteiger partial charge is 0.338 e. The molecule has 3 atom stereocenters. The molecular weight excluding hydrogens is 535 g/mol. The van der Waals surface area contributed by atoms with Crippen LogP contribution < -0.4 is 15.4 Å². The van der Waals surface area contributed by atoms with E-state index in [4.69, 9.17) is 19.9 Å². The molecule has 40 heavy (non-hydrogen) atoms. The van der Waals surface area contributed by atoms with Gasteiger partial charge in [-0.25, -0.2) is 9.18 Å². The summed E-state index contributed by atoms with van der Waals surface area (Å²) in [6.07, 6.45) is 0.181. The maximum absolute atomic E-state index is 14.5. The predicted molar refractivity (Wildman–Crippen MR) is 147 cm³/mol. The summed E-state index contributed by atoms with van der Waals surface area (Å²) < 4.78 is 30.0. The number of Topliss-reactive ketones (excluding diaryl/α,β-unsaturated/α-hetero) is 1. The molecular formula is C30H27FN2O6S. The molecule has 0 spiro atoms. The molecule has 1 aliphatic heterocycles. The number of thiophene rings is 1. The van der Waals surface area contributed by atoms with Crippen LogP contribution in [0.5, 0.6) is 5.75 Å². The van der Waals surface area contributed by atoms with E-state index in [2.05, 4.69) is 0 Å². The number of allylic oxidation sites excluding steroid dienone is 2. The number of methoxy groups -OCH3 is 3. The summed E-state index contributed by atoms with van der Waals surface area (Å²) in [4.78, 5) is 43.1. The van der Waals surface area contributed by atoms with Crippen LogP contribution in [0, 0.1) is 11.7 Å². The first kappa shape index (κ1) is 27.1. The Morgan fingerprint density at radius 3 is 2.38 bits per heavy atom. The fourth-order valence-electron chi connectivity index (χ4n) is 5.55. The lowest BCUT2D eigenvalue weighted by Crippen LogP contribution is -2.46. The van der Waals surface area contributed by atoms with Crippen molar-refractivity contribution in [3.63, 3.8) is 0 Å². The minimum absolute atomic E-state index is 0.0207. The first-order valence-electron chi connectivity index (χ1n) is 12.5. The number of halogens is 1. The van der Waals surface area contributed by atoms with Crippen molar-refractivity contribution in [1.82, 2.24) is 0 Å². The van der Waals surface area contributed by atoms with E-state index in [0.29, 0.717) is 27.6 Å². The topological polar surface area (TPSA) is 108 Å². The summed E-state index contributed by atoms with van der Waals surface area (Å²) in [5.41, 5.74) is 8.48. The fraction of sp³-hybridized carbons (Fsp3) is 0.233. The molecule has 2 aromatic carbocycles. The molecule has 0 saturated heterocycles. The number of rotatable bonds is 6. The van der Waals surface area contributed by atoms with Crippen LogP contribution in [-0.4, -0.2) is 39.1 Å². The van der Waals surface area contributed by atoms with Crippen molar-refractivity contribution in [1.29, 1.82) is 0 Å². The Labute approximate surface area is 234 Å². The number of hydrogen-bond donors (Lipinski definition) is 1. The standard InChI is InChI=1S/C30H27FN2O6S/c1-37-19-11-9-16(10-12-19)20-15-21-24(27(34)23(20)29(35)38-2)25(22-8-5-13-40-22)26(30(36)39-3)28(32)33(21)18-7-4-6-17(31)14-18/h4-14,20,23,25H,15,32H2,1-3H3/t20-,23-,25+/m1/s1. The van der Waals surface area contributed by atoms with Crippen LogP contribution in [0.2, 0.25) is 0 Å². The van der Waals surface area contributed by atoms with E-state index in [1.165, 1.54) is 48.7 Å². The van der Waals surface area contributed by atoms with Crippen LogP contribution in [0.3, 0.4) is 0 Å². The van der Waals surface area contributed by atoms with Crippen molar-refractivity contribution >= 4 is 34.7 Å². The molecule has 2 heterocycles. The Morgan fingerprint density at radius 1 is 1.02 bits per heavy atom. The molecule has 0 bridgehead atoms. The Bertz CT molecular complexity index is 1530. The van der Waals surface area contributed by atoms with Gasteiger partial charge in [0.05, 0.1) is 38.5 Å². The lowest BCUT2D eigenvalue weighted by atomic mass is 9.68. The van der Waals surface area contributed by atoms with Crippen LogP contribution in [0.25, 0.3) is 0 Å². The molecule has 3 aromatic rings. The van der Waals surface area contributed by atoms with Gasteiger partial charge < -0.3 is 19.9 Å². The van der Waals surface area contributed by atoms with E-state index in [0.717, 1.165) is 0 Å². The SMILES string of the molecule is COC(=O)C1=C(N)N(c2cccc(F)c2)C2=C(C(=O)[C@H](C(=O)OC)[C@@H](c3ccc(OC)cc3)C2)[C@@H]1c1cccs1. The Balaban J connectivity index is 1.79. The first-order chi connectivity index (χ1) is 19.3. The summed E-state index contributed by atoms with van der Waals surface area (Å²) in [7, 11) is 4.01. The number of carbonyl (C=O) groups excluding carboxylic acids is 3. The normalized spacial score (nSPS) is 20.8. The van der Waals surface area contributed by atoms with E-state index in [1.807, 2.05) is 5.38 Å². The third kappa shape index (κ3) is 4.54. The van der Waals surface area contributed by atoms with E-state index < -0.39 is 41.3 Å². The highest BCUT2D eigenvalue weighted by molar-refractivity contribution is 7.10. The van der Waals surface area contributed by atoms with Crippen molar-refractivity contribution in [2.24, 2.45) is 11.7 Å². The molecule has 0 saturated carbocycles. The van der Waals surface area contributed by atoms with Crippen LogP contribution in [0.4, 0.5) is 10.1 Å². The second kappa shape index (κ2) is 11.0. The van der Waals surface area contributed by atoms with E-state index in [1.54, 1.807) is 49.6 Å². The average Bonchev–Trinajstić information content (AvgIpc) is 3.50. The van der Waals surface area contributed by atoms with Crippen LogP contribution in [0.15, 0.2) is 88.7 Å². The molecule has 0 amide bonds. The van der Waals surface area contributed by atoms with Gasteiger partial charge in [-0.2, -0.15) is 0 Å². The second-order valence-electron chi connectivity index (χ2n) is 9.36. The van der Waals surface area contributed by atoms with Gasteiger partial charge in [0.2, 0.25) is 0 Å². The van der Waals surface area contributed by atoms with Crippen LogP contribution in [-0.2, 0) is 23.9 Å². The molecule has 1 aliphatic carbocycles. The fourth-order valence-corrected chi connectivity index (χ4v) is 6.39. The van der Waals surface area contributed by atoms with Gasteiger partial charge in [0.15, 0.2) is 5.78 Å². The van der Waals surface area contributed by atoms with E-state index in [-0.39, 0.29) is 23.4 Å². The zero-order valence-corrected chi connectivity index (χ0v) is 22.9. The molecule has 1 aromatic heterocycles. The van der Waals surface area contributed by atoms with Crippen molar-refractivity contribution in [2.75, 3.05) is 26.2 Å². The second-order valence-corrected chi connectivity index (χ2v) is 10.3. The average molecular weight is 563 g/mol. The zero-order valence-electron chi connectivity index (χ0n) is 22.1. The molecule has 2 aliphatic rings. The van der Waals surface area contributed by atoms with Crippen molar-refractivity contribution in [2.45, 2.75) is 18.3 Å². The summed E-state index contributed by atoms with van der Waals surface area (Å²) in [5, 5.41) is 1.82. The van der Waals surface area contributed by atoms with Crippen LogP contribution >= 0.6 is 11.3 Å². The van der Waals surface area contributed by atoms with Crippen LogP contribution in [0.1, 0.15) is 28.7 Å². The molecule has 0 fully saturated rings. The predicted octanol–water partition coefficient (Wildman–Crippen LogP) is 4.64.